The zero-order valence-electron chi connectivity index (χ0n) is 12.1. The molecule has 2 fully saturated rings. The molecular weight excluding hydrogens is 224 g/mol. The van der Waals surface area contributed by atoms with Crippen LogP contribution in [0.1, 0.15) is 52.9 Å². The second-order valence-electron chi connectivity index (χ2n) is 6.69. The van der Waals surface area contributed by atoms with E-state index < -0.39 is 0 Å². The third-order valence-electron chi connectivity index (χ3n) is 5.17. The van der Waals surface area contributed by atoms with Gasteiger partial charge in [-0.05, 0) is 44.6 Å². The lowest BCUT2D eigenvalue weighted by Gasteiger charge is -2.39. The molecule has 4 atom stereocenters. The van der Waals surface area contributed by atoms with E-state index in [1.54, 1.807) is 0 Å². The van der Waals surface area contributed by atoms with Crippen molar-refractivity contribution >= 4 is 5.91 Å². The van der Waals surface area contributed by atoms with E-state index >= 15 is 0 Å². The minimum atomic E-state index is -0.196. The third kappa shape index (κ3) is 2.87. The summed E-state index contributed by atoms with van der Waals surface area (Å²) < 4.78 is 0. The summed E-state index contributed by atoms with van der Waals surface area (Å²) in [7, 11) is 0. The van der Waals surface area contributed by atoms with E-state index in [-0.39, 0.29) is 11.3 Å². The average molecular weight is 252 g/mol. The molecule has 104 valence electrons. The van der Waals surface area contributed by atoms with Gasteiger partial charge in [0, 0.05) is 12.6 Å². The molecule has 0 aromatic rings. The molecule has 2 rings (SSSR count). The SMILES string of the molecule is CC1CCCC(NC(=O)C2(C)CCCNC2)C1C. The van der Waals surface area contributed by atoms with Gasteiger partial charge in [-0.3, -0.25) is 4.79 Å². The second-order valence-corrected chi connectivity index (χ2v) is 6.69. The van der Waals surface area contributed by atoms with Crippen LogP contribution in [0.25, 0.3) is 0 Å². The summed E-state index contributed by atoms with van der Waals surface area (Å²) in [5.41, 5.74) is -0.196. The van der Waals surface area contributed by atoms with E-state index in [2.05, 4.69) is 31.4 Å². The van der Waals surface area contributed by atoms with E-state index in [0.717, 1.165) is 38.3 Å². The van der Waals surface area contributed by atoms with E-state index in [0.29, 0.717) is 12.0 Å². The highest BCUT2D eigenvalue weighted by atomic mass is 16.2. The quantitative estimate of drug-likeness (QED) is 0.792. The first-order valence-corrected chi connectivity index (χ1v) is 7.54. The zero-order valence-corrected chi connectivity index (χ0v) is 12.1. The van der Waals surface area contributed by atoms with Crippen molar-refractivity contribution in [3.8, 4) is 0 Å². The van der Waals surface area contributed by atoms with Gasteiger partial charge in [0.05, 0.1) is 5.41 Å². The smallest absolute Gasteiger partial charge is 0.227 e. The molecular formula is C15H28N2O. The molecule has 3 heteroatoms. The molecule has 2 aliphatic rings. The van der Waals surface area contributed by atoms with Crippen LogP contribution < -0.4 is 10.6 Å². The molecule has 0 aromatic carbocycles. The average Bonchev–Trinajstić information content (AvgIpc) is 2.36. The lowest BCUT2D eigenvalue weighted by atomic mass is 9.76. The number of hydrogen-bond donors (Lipinski definition) is 2. The minimum absolute atomic E-state index is 0.196. The standard InChI is InChI=1S/C15H28N2O/c1-11-6-4-7-13(12(11)2)17-14(18)15(3)8-5-9-16-10-15/h11-13,16H,4-10H2,1-3H3,(H,17,18). The van der Waals surface area contributed by atoms with Gasteiger partial charge in [-0.15, -0.1) is 0 Å². The summed E-state index contributed by atoms with van der Waals surface area (Å²) >= 11 is 0. The fourth-order valence-corrected chi connectivity index (χ4v) is 3.38. The first kappa shape index (κ1) is 13.9. The Kier molecular flexibility index (Phi) is 4.31. The van der Waals surface area contributed by atoms with Crippen molar-refractivity contribution < 1.29 is 4.79 Å². The zero-order chi connectivity index (χ0) is 13.2. The maximum atomic E-state index is 12.5. The lowest BCUT2D eigenvalue weighted by Crippen LogP contribution is -2.53. The van der Waals surface area contributed by atoms with Gasteiger partial charge in [0.1, 0.15) is 0 Å². The van der Waals surface area contributed by atoms with Crippen LogP contribution in [0.4, 0.5) is 0 Å². The normalized spacial score (nSPS) is 41.4. The Balaban J connectivity index is 1.93. The molecule has 1 amide bonds. The number of hydrogen-bond acceptors (Lipinski definition) is 2. The number of carbonyl (C=O) groups excluding carboxylic acids is 1. The van der Waals surface area contributed by atoms with Crippen LogP contribution in [0.3, 0.4) is 0 Å². The number of rotatable bonds is 2. The topological polar surface area (TPSA) is 41.1 Å². The summed E-state index contributed by atoms with van der Waals surface area (Å²) in [6.07, 6.45) is 5.85. The Morgan fingerprint density at radius 3 is 2.72 bits per heavy atom. The van der Waals surface area contributed by atoms with Gasteiger partial charge in [0.2, 0.25) is 5.91 Å². The summed E-state index contributed by atoms with van der Waals surface area (Å²) in [5.74, 6) is 1.62. The van der Waals surface area contributed by atoms with Crippen molar-refractivity contribution in [1.29, 1.82) is 0 Å². The van der Waals surface area contributed by atoms with Crippen molar-refractivity contribution in [3.63, 3.8) is 0 Å². The van der Waals surface area contributed by atoms with E-state index in [1.165, 1.54) is 12.8 Å². The molecule has 1 aliphatic heterocycles. The molecule has 2 N–H and O–H groups in total. The molecule has 4 unspecified atom stereocenters. The monoisotopic (exact) mass is 252 g/mol. The fourth-order valence-electron chi connectivity index (χ4n) is 3.38. The van der Waals surface area contributed by atoms with Crippen molar-refractivity contribution in [2.45, 2.75) is 58.9 Å². The molecule has 18 heavy (non-hydrogen) atoms. The van der Waals surface area contributed by atoms with Crippen LogP contribution in [0, 0.1) is 17.3 Å². The molecule has 1 saturated carbocycles. The molecule has 1 saturated heterocycles. The predicted octanol–water partition coefficient (Wildman–Crippen LogP) is 2.32. The third-order valence-corrected chi connectivity index (χ3v) is 5.17. The molecule has 0 radical (unpaired) electrons. The number of amides is 1. The van der Waals surface area contributed by atoms with Gasteiger partial charge in [0.15, 0.2) is 0 Å². The molecule has 3 nitrogen and oxygen atoms in total. The number of nitrogens with one attached hydrogen (secondary N) is 2. The first-order chi connectivity index (χ1) is 8.53. The summed E-state index contributed by atoms with van der Waals surface area (Å²) in [6, 6.07) is 0.389. The Morgan fingerprint density at radius 2 is 2.06 bits per heavy atom. The van der Waals surface area contributed by atoms with Crippen LogP contribution in [0.15, 0.2) is 0 Å². The van der Waals surface area contributed by atoms with Crippen LogP contribution in [0.5, 0.6) is 0 Å². The van der Waals surface area contributed by atoms with Gasteiger partial charge in [-0.2, -0.15) is 0 Å². The van der Waals surface area contributed by atoms with E-state index in [4.69, 9.17) is 0 Å². The fraction of sp³-hybridized carbons (Fsp3) is 0.933. The van der Waals surface area contributed by atoms with Gasteiger partial charge >= 0.3 is 0 Å². The van der Waals surface area contributed by atoms with Crippen LogP contribution in [0.2, 0.25) is 0 Å². The van der Waals surface area contributed by atoms with Gasteiger partial charge < -0.3 is 10.6 Å². The second kappa shape index (κ2) is 5.60. The number of carbonyl (C=O) groups is 1. The molecule has 0 bridgehead atoms. The summed E-state index contributed by atoms with van der Waals surface area (Å²) in [4.78, 5) is 12.5. The first-order valence-electron chi connectivity index (χ1n) is 7.54. The highest BCUT2D eigenvalue weighted by molar-refractivity contribution is 5.82. The largest absolute Gasteiger partial charge is 0.353 e. The van der Waals surface area contributed by atoms with Crippen LogP contribution in [-0.2, 0) is 4.79 Å². The van der Waals surface area contributed by atoms with E-state index in [9.17, 15) is 4.79 Å². The summed E-state index contributed by atoms with van der Waals surface area (Å²) in [6.45, 7) is 8.59. The van der Waals surface area contributed by atoms with Gasteiger partial charge in [-0.1, -0.05) is 26.7 Å². The van der Waals surface area contributed by atoms with Crippen molar-refractivity contribution in [3.05, 3.63) is 0 Å². The number of piperidine rings is 1. The highest BCUT2D eigenvalue weighted by Gasteiger charge is 2.37. The molecule has 0 spiro atoms. The van der Waals surface area contributed by atoms with Crippen LogP contribution >= 0.6 is 0 Å². The van der Waals surface area contributed by atoms with Crippen LogP contribution in [-0.4, -0.2) is 25.0 Å². The minimum Gasteiger partial charge on any atom is -0.353 e. The Bertz CT molecular complexity index is 297. The Hall–Kier alpha value is -0.570. The van der Waals surface area contributed by atoms with E-state index in [1.807, 2.05) is 0 Å². The predicted molar refractivity (Wildman–Crippen MR) is 74.3 cm³/mol. The van der Waals surface area contributed by atoms with Crippen molar-refractivity contribution in [2.24, 2.45) is 17.3 Å². The van der Waals surface area contributed by atoms with Crippen molar-refractivity contribution in [2.75, 3.05) is 13.1 Å². The molecule has 1 heterocycles. The highest BCUT2D eigenvalue weighted by Crippen LogP contribution is 2.31. The Morgan fingerprint density at radius 1 is 1.28 bits per heavy atom. The van der Waals surface area contributed by atoms with Gasteiger partial charge in [0.25, 0.3) is 0 Å². The summed E-state index contributed by atoms with van der Waals surface area (Å²) in [5, 5.41) is 6.68. The molecule has 1 aliphatic carbocycles. The molecule has 0 aromatic heterocycles. The van der Waals surface area contributed by atoms with Gasteiger partial charge in [-0.25, -0.2) is 0 Å². The maximum Gasteiger partial charge on any atom is 0.227 e. The van der Waals surface area contributed by atoms with Crippen molar-refractivity contribution in [1.82, 2.24) is 10.6 Å². The Labute approximate surface area is 111 Å². The maximum absolute atomic E-state index is 12.5. The lowest BCUT2D eigenvalue weighted by molar-refractivity contribution is -0.132.